The molecule has 0 aromatic carbocycles. The molecule has 8 nitrogen and oxygen atoms in total. The fraction of sp³-hybridized carbons (Fsp3) is 0.353. The Bertz CT molecular complexity index is 689. The van der Waals surface area contributed by atoms with Crippen molar-refractivity contribution in [3.63, 3.8) is 0 Å². The van der Waals surface area contributed by atoms with Crippen molar-refractivity contribution < 1.29 is 38.5 Å². The fourth-order valence-electron chi connectivity index (χ4n) is 1.83. The molecule has 0 unspecified atom stereocenters. The van der Waals surface area contributed by atoms with Gasteiger partial charge in [-0.05, 0) is 25.5 Å². The number of rotatable bonds is 8. The number of hydrogen-bond donors (Lipinski definition) is 1. The number of ether oxygens (including phenoxy) is 3. The second-order valence-electron chi connectivity index (χ2n) is 4.99. The predicted octanol–water partition coefficient (Wildman–Crippen LogP) is 1.46. The number of aliphatic carboxylic acids is 1. The molecule has 1 N–H and O–H groups in total. The van der Waals surface area contributed by atoms with Gasteiger partial charge >= 0.3 is 17.9 Å². The van der Waals surface area contributed by atoms with Gasteiger partial charge in [-0.1, -0.05) is 0 Å². The van der Waals surface area contributed by atoms with Crippen LogP contribution in [0, 0.1) is 0 Å². The van der Waals surface area contributed by atoms with Crippen molar-refractivity contribution in [2.24, 2.45) is 0 Å². The molecule has 0 heterocycles. The van der Waals surface area contributed by atoms with E-state index in [0.29, 0.717) is 5.57 Å². The second kappa shape index (κ2) is 9.89. The summed E-state index contributed by atoms with van der Waals surface area (Å²) in [5.74, 6) is -0.345. The first-order chi connectivity index (χ1) is 11.9. The third-order valence-corrected chi connectivity index (χ3v) is 3.05. The minimum atomic E-state index is -1.24. The highest BCUT2D eigenvalue weighted by Gasteiger charge is 2.17. The lowest BCUT2D eigenvalue weighted by Crippen LogP contribution is -2.12. The van der Waals surface area contributed by atoms with Crippen LogP contribution < -0.4 is 0 Å². The molecule has 8 heteroatoms. The highest BCUT2D eigenvalue weighted by atomic mass is 16.6. The van der Waals surface area contributed by atoms with Crippen molar-refractivity contribution >= 4 is 23.8 Å². The highest BCUT2D eigenvalue weighted by Crippen LogP contribution is 2.23. The van der Waals surface area contributed by atoms with Crippen LogP contribution in [0.4, 0.5) is 0 Å². The topological polar surface area (TPSA) is 116 Å². The zero-order valence-electron chi connectivity index (χ0n) is 13.9. The molecule has 0 fully saturated rings. The van der Waals surface area contributed by atoms with E-state index in [1.54, 1.807) is 5.94 Å². The molecular formula is C17H18O8. The summed E-state index contributed by atoms with van der Waals surface area (Å²) < 4.78 is 15.0. The lowest BCUT2D eigenvalue weighted by atomic mass is 10.1. The Kier molecular flexibility index (Phi) is 7.89. The van der Waals surface area contributed by atoms with Crippen LogP contribution in [0.25, 0.3) is 0 Å². The number of esters is 2. The van der Waals surface area contributed by atoms with Gasteiger partial charge in [0.05, 0.1) is 13.7 Å². The first kappa shape index (κ1) is 19.9. The second-order valence-corrected chi connectivity index (χ2v) is 4.99. The summed E-state index contributed by atoms with van der Waals surface area (Å²) in [5.41, 5.74) is 0.338. The minimum Gasteiger partial charge on any atom is -0.493 e. The first-order valence-electron chi connectivity index (χ1n) is 7.36. The average molecular weight is 350 g/mol. The van der Waals surface area contributed by atoms with E-state index >= 15 is 0 Å². The molecule has 0 radical (unpaired) electrons. The van der Waals surface area contributed by atoms with Crippen molar-refractivity contribution in [1.82, 2.24) is 0 Å². The Balaban J connectivity index is 2.40. The molecule has 0 aromatic rings. The van der Waals surface area contributed by atoms with Gasteiger partial charge in [0.15, 0.2) is 11.5 Å². The van der Waals surface area contributed by atoms with E-state index in [4.69, 9.17) is 19.3 Å². The summed E-state index contributed by atoms with van der Waals surface area (Å²) in [4.78, 5) is 44.3. The van der Waals surface area contributed by atoms with Crippen molar-refractivity contribution in [1.29, 1.82) is 0 Å². The van der Waals surface area contributed by atoms with Crippen LogP contribution in [-0.2, 0) is 33.4 Å². The zero-order chi connectivity index (χ0) is 18.8. The normalized spacial score (nSPS) is 14.0. The summed E-state index contributed by atoms with van der Waals surface area (Å²) in [6.45, 7) is 1.27. The van der Waals surface area contributed by atoms with Crippen molar-refractivity contribution in [3.05, 3.63) is 40.9 Å². The molecule has 1 rings (SSSR count). The van der Waals surface area contributed by atoms with Gasteiger partial charge < -0.3 is 19.3 Å². The summed E-state index contributed by atoms with van der Waals surface area (Å²) >= 11 is 0. The smallest absolute Gasteiger partial charge is 0.333 e. The molecule has 134 valence electrons. The Hall–Kier alpha value is -3.12. The van der Waals surface area contributed by atoms with Crippen molar-refractivity contribution in [3.8, 4) is 0 Å². The number of hydrogen-bond acceptors (Lipinski definition) is 7. The maximum atomic E-state index is 11.8. The zero-order valence-corrected chi connectivity index (χ0v) is 13.9. The van der Waals surface area contributed by atoms with E-state index in [9.17, 15) is 19.2 Å². The van der Waals surface area contributed by atoms with Crippen molar-refractivity contribution in [2.75, 3.05) is 13.7 Å². The largest absolute Gasteiger partial charge is 0.493 e. The molecule has 25 heavy (non-hydrogen) atoms. The summed E-state index contributed by atoms with van der Waals surface area (Å²) in [5, 5.41) is 8.52. The van der Waals surface area contributed by atoms with E-state index in [0.717, 1.165) is 6.08 Å². The number of allylic oxidation sites excluding steroid dienone is 3. The van der Waals surface area contributed by atoms with Gasteiger partial charge in [0.1, 0.15) is 5.94 Å². The van der Waals surface area contributed by atoms with Crippen LogP contribution in [0.15, 0.2) is 40.9 Å². The average Bonchev–Trinajstić information content (AvgIpc) is 2.58. The molecule has 1 aliphatic carbocycles. The van der Waals surface area contributed by atoms with E-state index in [-0.39, 0.29) is 43.0 Å². The Morgan fingerprint density at radius 2 is 2.04 bits per heavy atom. The molecule has 0 bridgehead atoms. The summed E-state index contributed by atoms with van der Waals surface area (Å²) in [6, 6.07) is 0. The predicted molar refractivity (Wildman–Crippen MR) is 84.7 cm³/mol. The Morgan fingerprint density at radius 1 is 1.32 bits per heavy atom. The lowest BCUT2D eigenvalue weighted by molar-refractivity contribution is -0.143. The van der Waals surface area contributed by atoms with Crippen LogP contribution in [0.1, 0.15) is 26.2 Å². The van der Waals surface area contributed by atoms with Crippen LogP contribution >= 0.6 is 0 Å². The van der Waals surface area contributed by atoms with Crippen LogP contribution in [-0.4, -0.2) is 42.7 Å². The molecule has 0 spiro atoms. The van der Waals surface area contributed by atoms with E-state index in [1.165, 1.54) is 26.2 Å². The number of carbonyl (C=O) groups excluding carboxylic acids is 3. The fourth-order valence-corrected chi connectivity index (χ4v) is 1.83. The van der Waals surface area contributed by atoms with E-state index < -0.39 is 17.9 Å². The van der Waals surface area contributed by atoms with E-state index in [2.05, 4.69) is 0 Å². The molecule has 0 saturated carbocycles. The molecule has 0 aromatic heterocycles. The van der Waals surface area contributed by atoms with Gasteiger partial charge in [0, 0.05) is 30.1 Å². The minimum absolute atomic E-state index is 0.0142. The Morgan fingerprint density at radius 3 is 2.64 bits per heavy atom. The number of methoxy groups -OCH3 is 1. The standard InChI is InChI=1S/C17H18O8/c1-11(8-15(19)20)17(22)24-7-3-4-16(21)25-13-6-5-12(10-18)9-14(13)23-2/h6,8-9H,3-5,7H2,1-2H3,(H,19,20)/b11-8+. The number of carbonyl (C=O) groups is 3. The molecule has 0 amide bonds. The number of carboxylic acid groups (broad SMARTS) is 1. The third-order valence-electron chi connectivity index (χ3n) is 3.05. The SMILES string of the molecule is COC1=CC(=C=O)CC=C1OC(=O)CCCOC(=O)/C(C)=C/C(=O)O. The van der Waals surface area contributed by atoms with Gasteiger partial charge in [0.25, 0.3) is 0 Å². The van der Waals surface area contributed by atoms with Crippen LogP contribution in [0.5, 0.6) is 0 Å². The van der Waals surface area contributed by atoms with Gasteiger partial charge in [-0.3, -0.25) is 4.79 Å². The van der Waals surface area contributed by atoms with Gasteiger partial charge in [0.2, 0.25) is 0 Å². The molecule has 1 aliphatic rings. The number of carboxylic acids is 1. The molecule has 0 aliphatic heterocycles. The van der Waals surface area contributed by atoms with E-state index in [1.807, 2.05) is 0 Å². The monoisotopic (exact) mass is 350 g/mol. The quantitative estimate of drug-likeness (QED) is 0.303. The van der Waals surface area contributed by atoms with Crippen LogP contribution in [0.2, 0.25) is 0 Å². The molecule has 0 atom stereocenters. The summed E-state index contributed by atoms with van der Waals surface area (Å²) in [6.07, 6.45) is 4.20. The maximum absolute atomic E-state index is 11.8. The third kappa shape index (κ3) is 6.88. The highest BCUT2D eigenvalue weighted by molar-refractivity contribution is 5.95. The lowest BCUT2D eigenvalue weighted by Gasteiger charge is -2.15. The summed E-state index contributed by atoms with van der Waals surface area (Å²) in [7, 11) is 1.38. The van der Waals surface area contributed by atoms with Crippen LogP contribution in [0.3, 0.4) is 0 Å². The molecule has 0 saturated heterocycles. The Labute approximate surface area is 144 Å². The van der Waals surface area contributed by atoms with Gasteiger partial charge in [-0.25, -0.2) is 14.4 Å². The molecular weight excluding hydrogens is 332 g/mol. The maximum Gasteiger partial charge on any atom is 0.333 e. The first-order valence-corrected chi connectivity index (χ1v) is 7.36. The van der Waals surface area contributed by atoms with Gasteiger partial charge in [-0.2, -0.15) is 0 Å². The van der Waals surface area contributed by atoms with Gasteiger partial charge in [-0.15, -0.1) is 0 Å². The van der Waals surface area contributed by atoms with Crippen molar-refractivity contribution in [2.45, 2.75) is 26.2 Å².